The highest BCUT2D eigenvalue weighted by atomic mass is 35.5. The van der Waals surface area contributed by atoms with E-state index in [0.717, 1.165) is 12.0 Å². The summed E-state index contributed by atoms with van der Waals surface area (Å²) in [5.74, 6) is -0.0620. The Hall–Kier alpha value is -2.86. The maximum absolute atomic E-state index is 12.0. The largest absolute Gasteiger partial charge is 0.494 e. The fourth-order valence-corrected chi connectivity index (χ4v) is 2.08. The summed E-state index contributed by atoms with van der Waals surface area (Å²) in [7, 11) is 0. The number of ether oxygens (including phenoxy) is 1. The van der Waals surface area contributed by atoms with Gasteiger partial charge in [-0.3, -0.25) is 9.59 Å². The Bertz CT molecular complexity index is 759. The first-order chi connectivity index (χ1) is 12.6. The quantitative estimate of drug-likeness (QED) is 0.551. The van der Waals surface area contributed by atoms with Crippen molar-refractivity contribution in [1.82, 2.24) is 10.7 Å². The Morgan fingerprint density at radius 1 is 1.12 bits per heavy atom. The van der Waals surface area contributed by atoms with E-state index in [1.54, 1.807) is 48.5 Å². The number of amides is 2. The van der Waals surface area contributed by atoms with Gasteiger partial charge < -0.3 is 10.1 Å². The standard InChI is InChI=1S/C19H20ClN3O3/c1-2-11-26-17-9-5-15(6-10-17)19(25)21-13-18(24)23-22-12-14-3-7-16(20)8-4-14/h3-10,12H,2,11,13H2,1H3,(H,21,25)(H,23,24). The lowest BCUT2D eigenvalue weighted by Gasteiger charge is -2.07. The predicted octanol–water partition coefficient (Wildman–Crippen LogP) is 3.01. The first kappa shape index (κ1) is 19.5. The number of nitrogens with one attached hydrogen (secondary N) is 2. The van der Waals surface area contributed by atoms with E-state index in [0.29, 0.717) is 22.9 Å². The van der Waals surface area contributed by atoms with E-state index in [2.05, 4.69) is 15.8 Å². The van der Waals surface area contributed by atoms with Crippen LogP contribution < -0.4 is 15.5 Å². The second kappa shape index (κ2) is 10.2. The van der Waals surface area contributed by atoms with Crippen molar-refractivity contribution in [3.8, 4) is 5.75 Å². The predicted molar refractivity (Wildman–Crippen MR) is 102 cm³/mol. The number of carbonyl (C=O) groups is 2. The zero-order valence-electron chi connectivity index (χ0n) is 14.4. The molecule has 7 heteroatoms. The Balaban J connectivity index is 1.75. The molecule has 0 saturated carbocycles. The number of hydrogen-bond acceptors (Lipinski definition) is 4. The molecule has 0 unspecified atom stereocenters. The van der Waals surface area contributed by atoms with Gasteiger partial charge in [-0.2, -0.15) is 5.10 Å². The maximum atomic E-state index is 12.0. The molecule has 2 amide bonds. The molecule has 26 heavy (non-hydrogen) atoms. The molecule has 0 radical (unpaired) electrons. The summed E-state index contributed by atoms with van der Waals surface area (Å²) in [6, 6.07) is 13.7. The Kier molecular flexibility index (Phi) is 7.64. The van der Waals surface area contributed by atoms with Gasteiger partial charge in [-0.05, 0) is 48.4 Å². The molecular formula is C19H20ClN3O3. The Morgan fingerprint density at radius 2 is 1.81 bits per heavy atom. The van der Waals surface area contributed by atoms with Crippen LogP contribution in [0.25, 0.3) is 0 Å². The fourth-order valence-electron chi connectivity index (χ4n) is 1.95. The lowest BCUT2D eigenvalue weighted by molar-refractivity contribution is -0.120. The molecule has 0 bridgehead atoms. The molecule has 0 saturated heterocycles. The van der Waals surface area contributed by atoms with Gasteiger partial charge in [-0.15, -0.1) is 0 Å². The molecule has 0 atom stereocenters. The summed E-state index contributed by atoms with van der Waals surface area (Å²) in [6.07, 6.45) is 2.41. The van der Waals surface area contributed by atoms with Crippen molar-refractivity contribution >= 4 is 29.6 Å². The second-order valence-electron chi connectivity index (χ2n) is 5.40. The molecule has 0 aromatic heterocycles. The summed E-state index contributed by atoms with van der Waals surface area (Å²) in [4.78, 5) is 23.7. The van der Waals surface area contributed by atoms with Gasteiger partial charge in [-0.1, -0.05) is 30.7 Å². The molecule has 0 spiro atoms. The van der Waals surface area contributed by atoms with Crippen LogP contribution >= 0.6 is 11.6 Å². The smallest absolute Gasteiger partial charge is 0.259 e. The summed E-state index contributed by atoms with van der Waals surface area (Å²) < 4.78 is 5.46. The van der Waals surface area contributed by atoms with Crippen LogP contribution in [0.3, 0.4) is 0 Å². The van der Waals surface area contributed by atoms with Crippen molar-refractivity contribution < 1.29 is 14.3 Å². The van der Waals surface area contributed by atoms with E-state index in [9.17, 15) is 9.59 Å². The number of hydrogen-bond donors (Lipinski definition) is 2. The molecule has 2 rings (SSSR count). The first-order valence-corrected chi connectivity index (χ1v) is 8.55. The topological polar surface area (TPSA) is 79.8 Å². The van der Waals surface area contributed by atoms with Crippen LogP contribution in [0.2, 0.25) is 5.02 Å². The Morgan fingerprint density at radius 3 is 2.46 bits per heavy atom. The molecule has 0 heterocycles. The van der Waals surface area contributed by atoms with Crippen molar-refractivity contribution in [3.05, 3.63) is 64.7 Å². The third-order valence-electron chi connectivity index (χ3n) is 3.27. The van der Waals surface area contributed by atoms with Gasteiger partial charge in [0.2, 0.25) is 0 Å². The molecule has 2 aromatic carbocycles. The average molecular weight is 374 g/mol. The molecule has 0 fully saturated rings. The minimum Gasteiger partial charge on any atom is -0.494 e. The molecule has 2 N–H and O–H groups in total. The molecule has 0 aliphatic heterocycles. The summed E-state index contributed by atoms with van der Waals surface area (Å²) in [5.41, 5.74) is 3.59. The molecule has 0 aliphatic carbocycles. The average Bonchev–Trinajstić information content (AvgIpc) is 2.66. The molecule has 2 aromatic rings. The van der Waals surface area contributed by atoms with E-state index < -0.39 is 5.91 Å². The van der Waals surface area contributed by atoms with Crippen molar-refractivity contribution in [2.45, 2.75) is 13.3 Å². The normalized spacial score (nSPS) is 10.5. The third-order valence-corrected chi connectivity index (χ3v) is 3.52. The van der Waals surface area contributed by atoms with Crippen molar-refractivity contribution in [3.63, 3.8) is 0 Å². The number of halogens is 1. The minimum atomic E-state index is -0.425. The number of benzene rings is 2. The Labute approximate surface area is 157 Å². The fraction of sp³-hybridized carbons (Fsp3) is 0.211. The van der Waals surface area contributed by atoms with Gasteiger partial charge >= 0.3 is 0 Å². The van der Waals surface area contributed by atoms with Gasteiger partial charge in [0.1, 0.15) is 5.75 Å². The van der Waals surface area contributed by atoms with E-state index >= 15 is 0 Å². The minimum absolute atomic E-state index is 0.176. The maximum Gasteiger partial charge on any atom is 0.259 e. The monoisotopic (exact) mass is 373 g/mol. The highest BCUT2D eigenvalue weighted by Gasteiger charge is 2.07. The van der Waals surface area contributed by atoms with Gasteiger partial charge in [0.15, 0.2) is 0 Å². The van der Waals surface area contributed by atoms with E-state index in [1.807, 2.05) is 6.92 Å². The van der Waals surface area contributed by atoms with Gasteiger partial charge in [-0.25, -0.2) is 5.43 Å². The van der Waals surface area contributed by atoms with Crippen molar-refractivity contribution in [2.75, 3.05) is 13.2 Å². The van der Waals surface area contributed by atoms with Gasteiger partial charge in [0, 0.05) is 10.6 Å². The number of hydrazone groups is 1. The summed E-state index contributed by atoms with van der Waals surface area (Å²) in [6.45, 7) is 2.47. The number of nitrogens with zero attached hydrogens (tertiary/aromatic N) is 1. The number of carbonyl (C=O) groups excluding carboxylic acids is 2. The van der Waals surface area contributed by atoms with Crippen LogP contribution in [0.1, 0.15) is 29.3 Å². The highest BCUT2D eigenvalue weighted by molar-refractivity contribution is 6.30. The van der Waals surface area contributed by atoms with E-state index in [4.69, 9.17) is 16.3 Å². The van der Waals surface area contributed by atoms with Crippen LogP contribution in [0, 0.1) is 0 Å². The zero-order chi connectivity index (χ0) is 18.8. The van der Waals surface area contributed by atoms with E-state index in [-0.39, 0.29) is 12.5 Å². The van der Waals surface area contributed by atoms with Crippen LogP contribution in [-0.4, -0.2) is 31.2 Å². The van der Waals surface area contributed by atoms with Crippen LogP contribution in [0.15, 0.2) is 53.6 Å². The summed E-state index contributed by atoms with van der Waals surface area (Å²) in [5, 5.41) is 6.98. The lowest BCUT2D eigenvalue weighted by Crippen LogP contribution is -2.34. The second-order valence-corrected chi connectivity index (χ2v) is 5.84. The van der Waals surface area contributed by atoms with E-state index in [1.165, 1.54) is 6.21 Å². The van der Waals surface area contributed by atoms with Crippen molar-refractivity contribution in [2.24, 2.45) is 5.10 Å². The van der Waals surface area contributed by atoms with Crippen LogP contribution in [-0.2, 0) is 4.79 Å². The molecule has 6 nitrogen and oxygen atoms in total. The highest BCUT2D eigenvalue weighted by Crippen LogP contribution is 2.12. The first-order valence-electron chi connectivity index (χ1n) is 8.17. The third kappa shape index (κ3) is 6.57. The van der Waals surface area contributed by atoms with Gasteiger partial charge in [0.25, 0.3) is 11.8 Å². The molecular weight excluding hydrogens is 354 g/mol. The van der Waals surface area contributed by atoms with Crippen molar-refractivity contribution in [1.29, 1.82) is 0 Å². The number of rotatable bonds is 8. The zero-order valence-corrected chi connectivity index (χ0v) is 15.1. The summed E-state index contributed by atoms with van der Waals surface area (Å²) >= 11 is 5.79. The molecule has 0 aliphatic rings. The SMILES string of the molecule is CCCOc1ccc(C(=O)NCC(=O)NN=Cc2ccc(Cl)cc2)cc1. The van der Waals surface area contributed by atoms with Crippen LogP contribution in [0.5, 0.6) is 5.75 Å². The molecule has 136 valence electrons. The van der Waals surface area contributed by atoms with Gasteiger partial charge in [0.05, 0.1) is 19.4 Å². The lowest BCUT2D eigenvalue weighted by atomic mass is 10.2. The van der Waals surface area contributed by atoms with Crippen LogP contribution in [0.4, 0.5) is 0 Å².